The SMILES string of the molecule is CCCCCCCCCCCCCC(N)=O.CCO.[NaH]. The maximum absolute atomic E-state index is 10.5. The number of nitrogens with two attached hydrogens (primary N) is 1. The Bertz CT molecular complexity index is 178. The summed E-state index contributed by atoms with van der Waals surface area (Å²) in [6.45, 7) is 4.19. The van der Waals surface area contributed by atoms with Crippen LogP contribution >= 0.6 is 0 Å². The van der Waals surface area contributed by atoms with Gasteiger partial charge in [0.15, 0.2) is 0 Å². The van der Waals surface area contributed by atoms with Crippen LogP contribution in [0, 0.1) is 0 Å². The zero-order valence-corrected chi connectivity index (χ0v) is 13.1. The third-order valence-corrected chi connectivity index (χ3v) is 3.03. The van der Waals surface area contributed by atoms with E-state index in [-0.39, 0.29) is 42.1 Å². The van der Waals surface area contributed by atoms with Gasteiger partial charge in [-0.05, 0) is 13.3 Å². The number of rotatable bonds is 12. The van der Waals surface area contributed by atoms with Crippen molar-refractivity contribution >= 4 is 35.5 Å². The van der Waals surface area contributed by atoms with E-state index >= 15 is 0 Å². The Morgan fingerprint density at radius 1 is 0.800 bits per heavy atom. The average molecular weight is 297 g/mol. The first-order chi connectivity index (χ1) is 9.18. The van der Waals surface area contributed by atoms with Gasteiger partial charge >= 0.3 is 29.6 Å². The molecule has 0 aromatic carbocycles. The van der Waals surface area contributed by atoms with E-state index < -0.39 is 0 Å². The summed E-state index contributed by atoms with van der Waals surface area (Å²) in [6.07, 6.45) is 15.0. The van der Waals surface area contributed by atoms with Crippen LogP contribution in [0.4, 0.5) is 0 Å². The number of primary amides is 1. The van der Waals surface area contributed by atoms with Gasteiger partial charge in [0.25, 0.3) is 0 Å². The summed E-state index contributed by atoms with van der Waals surface area (Å²) in [4.78, 5) is 10.5. The van der Waals surface area contributed by atoms with Crippen LogP contribution in [0.5, 0.6) is 0 Å². The first-order valence-corrected chi connectivity index (χ1v) is 8.08. The molecule has 4 heteroatoms. The Kier molecular flexibility index (Phi) is 31.0. The summed E-state index contributed by atoms with van der Waals surface area (Å²) in [6, 6.07) is 0. The molecule has 3 N–H and O–H groups in total. The van der Waals surface area contributed by atoms with E-state index in [0.717, 1.165) is 6.42 Å². The Balaban J connectivity index is -0.000000657. The molecule has 0 atom stereocenters. The van der Waals surface area contributed by atoms with Crippen molar-refractivity contribution in [1.29, 1.82) is 0 Å². The Morgan fingerprint density at radius 2 is 1.10 bits per heavy atom. The number of hydrogen-bond donors (Lipinski definition) is 2. The summed E-state index contributed by atoms with van der Waals surface area (Å²) < 4.78 is 0. The van der Waals surface area contributed by atoms with E-state index in [2.05, 4.69) is 6.92 Å². The zero-order chi connectivity index (χ0) is 14.8. The number of carbonyl (C=O) groups excluding carboxylic acids is 1. The van der Waals surface area contributed by atoms with Crippen LogP contribution in [0.25, 0.3) is 0 Å². The van der Waals surface area contributed by atoms with Gasteiger partial charge in [-0.1, -0.05) is 71.1 Å². The fourth-order valence-corrected chi connectivity index (χ4v) is 1.96. The van der Waals surface area contributed by atoms with Crippen LogP contribution in [0.1, 0.15) is 90.9 Å². The van der Waals surface area contributed by atoms with Crippen LogP contribution in [0.2, 0.25) is 0 Å². The third kappa shape index (κ3) is 31.0. The maximum atomic E-state index is 10.5. The molecular formula is C16H36NNaO2. The molecule has 0 aliphatic heterocycles. The molecule has 0 rings (SSSR count). The summed E-state index contributed by atoms with van der Waals surface area (Å²) in [7, 11) is 0. The molecule has 0 saturated heterocycles. The molecule has 3 nitrogen and oxygen atoms in total. The van der Waals surface area contributed by atoms with E-state index in [0.29, 0.717) is 6.42 Å². The van der Waals surface area contributed by atoms with Crippen molar-refractivity contribution in [1.82, 2.24) is 0 Å². The second-order valence-corrected chi connectivity index (χ2v) is 5.07. The standard InChI is InChI=1S/C14H29NO.C2H6O.Na.H/c1-2-3-4-5-6-7-8-9-10-11-12-13-14(15)16;1-2-3;;/h2-13H2,1H3,(H2,15,16);3H,2H2,1H3;;. The summed E-state index contributed by atoms with van der Waals surface area (Å²) in [5.74, 6) is -0.157. The van der Waals surface area contributed by atoms with Gasteiger partial charge in [0.05, 0.1) is 0 Å². The van der Waals surface area contributed by atoms with Crippen molar-refractivity contribution in [3.63, 3.8) is 0 Å². The van der Waals surface area contributed by atoms with E-state index in [9.17, 15) is 4.79 Å². The predicted octanol–water partition coefficient (Wildman–Crippen LogP) is 3.52. The first-order valence-electron chi connectivity index (χ1n) is 8.08. The molecule has 20 heavy (non-hydrogen) atoms. The third-order valence-electron chi connectivity index (χ3n) is 3.03. The van der Waals surface area contributed by atoms with Gasteiger partial charge in [-0.2, -0.15) is 0 Å². The molecule has 1 amide bonds. The number of hydrogen-bond acceptors (Lipinski definition) is 2. The average Bonchev–Trinajstić information content (AvgIpc) is 2.36. The number of amides is 1. The second-order valence-electron chi connectivity index (χ2n) is 5.07. The molecule has 0 fully saturated rings. The molecule has 0 unspecified atom stereocenters. The van der Waals surface area contributed by atoms with Gasteiger partial charge < -0.3 is 10.8 Å². The molecule has 0 aromatic heterocycles. The quantitative estimate of drug-likeness (QED) is 0.427. The van der Waals surface area contributed by atoms with Gasteiger partial charge in [0.1, 0.15) is 0 Å². The van der Waals surface area contributed by atoms with Crippen molar-refractivity contribution < 1.29 is 9.90 Å². The topological polar surface area (TPSA) is 63.3 Å². The summed E-state index contributed by atoms with van der Waals surface area (Å²) in [5, 5.41) is 7.57. The van der Waals surface area contributed by atoms with Crippen LogP contribution in [-0.2, 0) is 4.79 Å². The Labute approximate surface area is 148 Å². The second kappa shape index (κ2) is 24.4. The van der Waals surface area contributed by atoms with Crippen molar-refractivity contribution in [2.75, 3.05) is 6.61 Å². The first kappa shape index (κ1) is 25.4. The molecular weight excluding hydrogens is 261 g/mol. The molecule has 0 aliphatic rings. The van der Waals surface area contributed by atoms with E-state index in [4.69, 9.17) is 10.8 Å². The van der Waals surface area contributed by atoms with Crippen LogP contribution in [0.3, 0.4) is 0 Å². The normalized spacial score (nSPS) is 9.35. The van der Waals surface area contributed by atoms with Crippen molar-refractivity contribution in [3.8, 4) is 0 Å². The van der Waals surface area contributed by atoms with E-state index in [1.165, 1.54) is 64.2 Å². The molecule has 0 spiro atoms. The van der Waals surface area contributed by atoms with Crippen molar-refractivity contribution in [2.45, 2.75) is 90.9 Å². The van der Waals surface area contributed by atoms with Gasteiger partial charge in [0.2, 0.25) is 5.91 Å². The number of aliphatic hydroxyl groups excluding tert-OH is 1. The van der Waals surface area contributed by atoms with E-state index in [1.807, 2.05) is 0 Å². The van der Waals surface area contributed by atoms with Crippen LogP contribution in [-0.4, -0.2) is 47.2 Å². The number of unbranched alkanes of at least 4 members (excludes halogenated alkanes) is 10. The zero-order valence-electron chi connectivity index (χ0n) is 13.1. The van der Waals surface area contributed by atoms with Gasteiger partial charge in [-0.15, -0.1) is 0 Å². The minimum absolute atomic E-state index is 0. The van der Waals surface area contributed by atoms with Crippen molar-refractivity contribution in [3.05, 3.63) is 0 Å². The molecule has 0 aromatic rings. The van der Waals surface area contributed by atoms with E-state index in [1.54, 1.807) is 6.92 Å². The van der Waals surface area contributed by atoms with Gasteiger partial charge in [-0.3, -0.25) is 4.79 Å². The van der Waals surface area contributed by atoms with Crippen LogP contribution in [0.15, 0.2) is 0 Å². The molecule has 0 aliphatic carbocycles. The number of carbonyl (C=O) groups is 1. The summed E-state index contributed by atoms with van der Waals surface area (Å²) >= 11 is 0. The molecule has 118 valence electrons. The van der Waals surface area contributed by atoms with Crippen LogP contribution < -0.4 is 5.73 Å². The molecule has 0 radical (unpaired) electrons. The van der Waals surface area contributed by atoms with Gasteiger partial charge in [-0.25, -0.2) is 0 Å². The monoisotopic (exact) mass is 297 g/mol. The fourth-order valence-electron chi connectivity index (χ4n) is 1.96. The predicted molar refractivity (Wildman–Crippen MR) is 90.2 cm³/mol. The molecule has 0 bridgehead atoms. The summed E-state index contributed by atoms with van der Waals surface area (Å²) in [5.41, 5.74) is 5.07. The van der Waals surface area contributed by atoms with Gasteiger partial charge in [0, 0.05) is 13.0 Å². The minimum atomic E-state index is -0.157. The molecule has 0 saturated carbocycles. The fraction of sp³-hybridized carbons (Fsp3) is 0.938. The van der Waals surface area contributed by atoms with Crippen molar-refractivity contribution in [2.24, 2.45) is 5.73 Å². The Hall–Kier alpha value is 0.430. The Morgan fingerprint density at radius 3 is 1.40 bits per heavy atom. The molecule has 0 heterocycles. The number of aliphatic hydroxyl groups is 1.